The summed E-state index contributed by atoms with van der Waals surface area (Å²) in [6, 6.07) is 16.7. The summed E-state index contributed by atoms with van der Waals surface area (Å²) in [5.74, 6) is 6.34. The lowest BCUT2D eigenvalue weighted by molar-refractivity contribution is -0.00337. The van der Waals surface area contributed by atoms with Gasteiger partial charge in [0.25, 0.3) is 0 Å². The fourth-order valence-electron chi connectivity index (χ4n) is 6.82. The molecule has 4 nitrogen and oxygen atoms in total. The van der Waals surface area contributed by atoms with Gasteiger partial charge in [-0.15, -0.1) is 0 Å². The van der Waals surface area contributed by atoms with Gasteiger partial charge in [-0.1, -0.05) is 29.3 Å². The second-order valence-electron chi connectivity index (χ2n) is 10.2. The lowest BCUT2D eigenvalue weighted by atomic mass is 9.50. The van der Waals surface area contributed by atoms with E-state index in [1.165, 1.54) is 37.7 Å². The first-order valence-electron chi connectivity index (χ1n) is 12.0. The predicted molar refractivity (Wildman–Crippen MR) is 138 cm³/mol. The van der Waals surface area contributed by atoms with Crippen LogP contribution in [0.5, 0.6) is 23.0 Å². The Labute approximate surface area is 210 Å². The summed E-state index contributed by atoms with van der Waals surface area (Å²) in [6.07, 6.45) is 6.76. The van der Waals surface area contributed by atoms with Crippen LogP contribution >= 0.6 is 23.2 Å². The second kappa shape index (κ2) is 8.58. The van der Waals surface area contributed by atoms with Crippen LogP contribution in [0.4, 0.5) is 11.4 Å². The molecule has 0 heterocycles. The summed E-state index contributed by atoms with van der Waals surface area (Å²) in [7, 11) is 0. The van der Waals surface area contributed by atoms with E-state index in [1.54, 1.807) is 30.3 Å². The minimum atomic E-state index is 0.467. The molecule has 0 unspecified atom stereocenters. The molecule has 6 heteroatoms. The third-order valence-corrected chi connectivity index (χ3v) is 8.52. The molecule has 4 fully saturated rings. The minimum absolute atomic E-state index is 0.467. The Hall–Kier alpha value is -2.56. The Kier molecular flexibility index (Phi) is 5.54. The number of anilines is 2. The van der Waals surface area contributed by atoms with E-state index < -0.39 is 0 Å². The predicted octanol–water partition coefficient (Wildman–Crippen LogP) is 8.28. The van der Waals surface area contributed by atoms with Crippen LogP contribution in [0, 0.1) is 23.7 Å². The maximum atomic E-state index is 6.48. The van der Waals surface area contributed by atoms with Gasteiger partial charge in [-0.2, -0.15) is 0 Å². The maximum Gasteiger partial charge on any atom is 0.146 e. The number of ether oxygens (including phenoxy) is 2. The van der Waals surface area contributed by atoms with Crippen LogP contribution in [0.3, 0.4) is 0 Å². The number of halogens is 2. The van der Waals surface area contributed by atoms with Crippen LogP contribution < -0.4 is 20.9 Å². The summed E-state index contributed by atoms with van der Waals surface area (Å²) in [6.45, 7) is 0. The summed E-state index contributed by atoms with van der Waals surface area (Å²) < 4.78 is 12.6. The molecule has 176 valence electrons. The molecule has 4 bridgehead atoms. The highest BCUT2D eigenvalue weighted by Gasteiger charge is 2.49. The fraction of sp³-hybridized carbons (Fsp3) is 0.357. The highest BCUT2D eigenvalue weighted by atomic mass is 35.5. The van der Waals surface area contributed by atoms with Crippen molar-refractivity contribution in [1.29, 1.82) is 0 Å². The highest BCUT2D eigenvalue weighted by Crippen LogP contribution is 2.61. The molecule has 4 aliphatic rings. The monoisotopic (exact) mass is 494 g/mol. The first-order chi connectivity index (χ1) is 16.4. The maximum absolute atomic E-state index is 6.48. The van der Waals surface area contributed by atoms with Crippen molar-refractivity contribution in [2.45, 2.75) is 38.0 Å². The smallest absolute Gasteiger partial charge is 0.146 e. The first kappa shape index (κ1) is 21.9. The van der Waals surface area contributed by atoms with Gasteiger partial charge in [0.2, 0.25) is 0 Å². The lowest BCUT2D eigenvalue weighted by Crippen LogP contribution is -2.43. The van der Waals surface area contributed by atoms with Crippen LogP contribution in [0.15, 0.2) is 54.6 Å². The first-order valence-corrected chi connectivity index (χ1v) is 12.8. The Morgan fingerprint density at radius 2 is 1.18 bits per heavy atom. The van der Waals surface area contributed by atoms with Gasteiger partial charge >= 0.3 is 0 Å². The van der Waals surface area contributed by atoms with E-state index in [4.69, 9.17) is 44.1 Å². The van der Waals surface area contributed by atoms with Gasteiger partial charge in [-0.3, -0.25) is 0 Å². The Bertz CT molecular complexity index is 1220. The zero-order chi connectivity index (χ0) is 23.4. The van der Waals surface area contributed by atoms with Crippen LogP contribution in [0.2, 0.25) is 10.0 Å². The molecule has 7 rings (SSSR count). The molecule has 0 spiro atoms. The van der Waals surface area contributed by atoms with E-state index in [-0.39, 0.29) is 0 Å². The summed E-state index contributed by atoms with van der Waals surface area (Å²) >= 11 is 12.8. The van der Waals surface area contributed by atoms with Crippen molar-refractivity contribution < 1.29 is 9.47 Å². The van der Waals surface area contributed by atoms with Crippen molar-refractivity contribution in [3.63, 3.8) is 0 Å². The minimum Gasteiger partial charge on any atom is -0.456 e. The van der Waals surface area contributed by atoms with E-state index in [2.05, 4.69) is 6.07 Å². The van der Waals surface area contributed by atoms with Crippen molar-refractivity contribution in [2.75, 3.05) is 11.5 Å². The average Bonchev–Trinajstić information content (AvgIpc) is 2.78. The quantitative estimate of drug-likeness (QED) is 0.350. The van der Waals surface area contributed by atoms with Crippen molar-refractivity contribution in [2.24, 2.45) is 23.7 Å². The zero-order valence-electron chi connectivity index (χ0n) is 18.8. The fourth-order valence-corrected chi connectivity index (χ4v) is 7.28. The van der Waals surface area contributed by atoms with E-state index in [0.29, 0.717) is 44.6 Å². The lowest BCUT2D eigenvalue weighted by Gasteiger charge is -2.54. The SMILES string of the molecule is Nc1ccc(Oc2ccc(C3C4CC5CC(C4)CC3C5)c(Oc3ccc(N)cc3Cl)c2)c(Cl)c1. The molecular weight excluding hydrogens is 467 g/mol. The Balaban J connectivity index is 1.38. The van der Waals surface area contributed by atoms with E-state index in [0.717, 1.165) is 29.4 Å². The molecule has 3 aromatic rings. The molecule has 0 aromatic heterocycles. The Morgan fingerprint density at radius 3 is 1.74 bits per heavy atom. The molecular formula is C28H28Cl2N2O2. The van der Waals surface area contributed by atoms with Gasteiger partial charge < -0.3 is 20.9 Å². The summed E-state index contributed by atoms with van der Waals surface area (Å²) in [5, 5.41) is 0.957. The molecule has 0 atom stereocenters. The van der Waals surface area contributed by atoms with Gasteiger partial charge in [0.15, 0.2) is 0 Å². The van der Waals surface area contributed by atoms with E-state index >= 15 is 0 Å². The Morgan fingerprint density at radius 1 is 0.618 bits per heavy atom. The van der Waals surface area contributed by atoms with Crippen molar-refractivity contribution >= 4 is 34.6 Å². The van der Waals surface area contributed by atoms with Crippen LogP contribution in [0.1, 0.15) is 43.6 Å². The molecule has 0 radical (unpaired) electrons. The topological polar surface area (TPSA) is 70.5 Å². The molecule has 3 aromatic carbocycles. The van der Waals surface area contributed by atoms with Gasteiger partial charge in [0, 0.05) is 17.4 Å². The van der Waals surface area contributed by atoms with Crippen molar-refractivity contribution in [1.82, 2.24) is 0 Å². The molecule has 0 saturated heterocycles. The summed E-state index contributed by atoms with van der Waals surface area (Å²) in [4.78, 5) is 0. The largest absolute Gasteiger partial charge is 0.456 e. The standard InChI is InChI=1S/C28H28Cl2N2O2/c29-23-12-19(31)1-5-25(23)33-21-3-4-22(27(14-21)34-26-6-2-20(32)13-24(26)30)28-17-8-15-7-16(10-17)11-18(28)9-15/h1-6,12-18,28H,7-11,31-32H2. The zero-order valence-corrected chi connectivity index (χ0v) is 20.4. The molecule has 34 heavy (non-hydrogen) atoms. The summed E-state index contributed by atoms with van der Waals surface area (Å²) in [5.41, 5.74) is 14.2. The van der Waals surface area contributed by atoms with Gasteiger partial charge in [0.1, 0.15) is 23.0 Å². The number of nitrogens with two attached hydrogens (primary N) is 2. The number of hydrogen-bond donors (Lipinski definition) is 2. The third-order valence-electron chi connectivity index (χ3n) is 7.93. The van der Waals surface area contributed by atoms with Gasteiger partial charge in [-0.25, -0.2) is 0 Å². The molecule has 0 aliphatic heterocycles. The molecule has 4 N–H and O–H groups in total. The molecule has 4 saturated carbocycles. The van der Waals surface area contributed by atoms with E-state index in [9.17, 15) is 0 Å². The molecule has 0 amide bonds. The van der Waals surface area contributed by atoms with Gasteiger partial charge in [0.05, 0.1) is 10.0 Å². The number of hydrogen-bond acceptors (Lipinski definition) is 4. The second-order valence-corrected chi connectivity index (χ2v) is 11.1. The normalized spacial score (nSPS) is 27.1. The molecule has 4 aliphatic carbocycles. The number of rotatable bonds is 5. The number of nitrogen functional groups attached to an aromatic ring is 2. The van der Waals surface area contributed by atoms with Gasteiger partial charge in [-0.05, 0) is 110 Å². The third kappa shape index (κ3) is 4.08. The van der Waals surface area contributed by atoms with Crippen molar-refractivity contribution in [3.8, 4) is 23.0 Å². The van der Waals surface area contributed by atoms with Crippen LogP contribution in [-0.4, -0.2) is 0 Å². The van der Waals surface area contributed by atoms with E-state index in [1.807, 2.05) is 18.2 Å². The number of benzene rings is 3. The average molecular weight is 495 g/mol. The van der Waals surface area contributed by atoms with Crippen LogP contribution in [0.25, 0.3) is 0 Å². The highest BCUT2D eigenvalue weighted by molar-refractivity contribution is 6.32. The van der Waals surface area contributed by atoms with Crippen LogP contribution in [-0.2, 0) is 0 Å². The van der Waals surface area contributed by atoms with Crippen molar-refractivity contribution in [3.05, 3.63) is 70.2 Å².